The van der Waals surface area contributed by atoms with Crippen LogP contribution < -0.4 is 15.8 Å². The second-order valence-electron chi connectivity index (χ2n) is 4.02. The first kappa shape index (κ1) is 12.9. The minimum atomic E-state index is -0.341. The summed E-state index contributed by atoms with van der Waals surface area (Å²) in [6, 6.07) is 7.16. The minimum Gasteiger partial charge on any atom is -0.494 e. The lowest BCUT2D eigenvalue weighted by molar-refractivity contribution is 0.102. The number of carbonyl (C=O) groups excluding carboxylic acids is 1. The molecule has 0 unspecified atom stereocenters. The van der Waals surface area contributed by atoms with Gasteiger partial charge in [-0.25, -0.2) is 0 Å². The number of rotatable bonds is 4. The molecule has 2 rings (SSSR count). The molecule has 1 aromatic carbocycles. The number of amides is 1. The van der Waals surface area contributed by atoms with Gasteiger partial charge in [0.2, 0.25) is 0 Å². The minimum absolute atomic E-state index is 0.212. The second-order valence-corrected chi connectivity index (χ2v) is 4.02. The number of ether oxygens (including phenoxy) is 1. The van der Waals surface area contributed by atoms with Gasteiger partial charge in [-0.05, 0) is 19.1 Å². The zero-order valence-corrected chi connectivity index (χ0v) is 10.9. The topological polar surface area (TPSA) is 82.2 Å². The Kier molecular flexibility index (Phi) is 3.70. The summed E-state index contributed by atoms with van der Waals surface area (Å²) in [6.45, 7) is 2.48. The van der Waals surface area contributed by atoms with Gasteiger partial charge >= 0.3 is 0 Å². The summed E-state index contributed by atoms with van der Waals surface area (Å²) in [4.78, 5) is 12.0. The van der Waals surface area contributed by atoms with Crippen molar-refractivity contribution in [3.8, 4) is 5.75 Å². The van der Waals surface area contributed by atoms with Crippen LogP contribution in [-0.4, -0.2) is 22.3 Å². The molecule has 2 aromatic rings. The van der Waals surface area contributed by atoms with Gasteiger partial charge in [0.25, 0.3) is 5.91 Å². The number of aryl methyl sites for hydroxylation is 1. The number of hydrogen-bond acceptors (Lipinski definition) is 4. The molecule has 0 fully saturated rings. The summed E-state index contributed by atoms with van der Waals surface area (Å²) in [5, 5.41) is 6.75. The molecule has 0 atom stereocenters. The summed E-state index contributed by atoms with van der Waals surface area (Å²) >= 11 is 0. The number of nitrogens with two attached hydrogens (primary N) is 1. The maximum Gasteiger partial charge on any atom is 0.278 e. The lowest BCUT2D eigenvalue weighted by Gasteiger charge is -2.07. The second kappa shape index (κ2) is 5.43. The molecule has 1 heterocycles. The van der Waals surface area contributed by atoms with Crippen LogP contribution in [0.1, 0.15) is 17.4 Å². The van der Waals surface area contributed by atoms with E-state index in [0.29, 0.717) is 23.7 Å². The molecule has 0 aliphatic rings. The summed E-state index contributed by atoms with van der Waals surface area (Å²) in [7, 11) is 1.71. The Morgan fingerprint density at radius 2 is 2.32 bits per heavy atom. The fourth-order valence-corrected chi connectivity index (χ4v) is 1.70. The van der Waals surface area contributed by atoms with E-state index >= 15 is 0 Å². The lowest BCUT2D eigenvalue weighted by atomic mass is 10.3. The van der Waals surface area contributed by atoms with E-state index in [2.05, 4.69) is 10.4 Å². The lowest BCUT2D eigenvalue weighted by Crippen LogP contribution is -2.14. The molecule has 19 heavy (non-hydrogen) atoms. The van der Waals surface area contributed by atoms with Crippen molar-refractivity contribution in [3.05, 3.63) is 36.2 Å². The molecule has 3 N–H and O–H groups in total. The number of nitrogens with one attached hydrogen (secondary N) is 1. The Labute approximate surface area is 111 Å². The van der Waals surface area contributed by atoms with Gasteiger partial charge in [-0.15, -0.1) is 0 Å². The van der Waals surface area contributed by atoms with Gasteiger partial charge in [-0.3, -0.25) is 9.48 Å². The number of anilines is 2. The van der Waals surface area contributed by atoms with Crippen molar-refractivity contribution in [2.75, 3.05) is 17.7 Å². The van der Waals surface area contributed by atoms with E-state index in [0.717, 1.165) is 0 Å². The van der Waals surface area contributed by atoms with Gasteiger partial charge in [0.05, 0.1) is 12.3 Å². The fourth-order valence-electron chi connectivity index (χ4n) is 1.70. The number of hydrogen-bond donors (Lipinski definition) is 2. The van der Waals surface area contributed by atoms with E-state index in [-0.39, 0.29) is 11.6 Å². The number of benzene rings is 1. The molecule has 6 heteroatoms. The van der Waals surface area contributed by atoms with Crippen LogP contribution in [0.3, 0.4) is 0 Å². The van der Waals surface area contributed by atoms with Crippen LogP contribution in [0, 0.1) is 0 Å². The highest BCUT2D eigenvalue weighted by Gasteiger charge is 2.14. The third kappa shape index (κ3) is 3.04. The normalized spacial score (nSPS) is 10.2. The van der Waals surface area contributed by atoms with Crippen LogP contribution >= 0.6 is 0 Å². The molecule has 0 radical (unpaired) electrons. The predicted octanol–water partition coefficient (Wildman–Crippen LogP) is 1.65. The summed E-state index contributed by atoms with van der Waals surface area (Å²) in [5.41, 5.74) is 6.90. The predicted molar refractivity (Wildman–Crippen MR) is 73.2 cm³/mol. The highest BCUT2D eigenvalue weighted by atomic mass is 16.5. The van der Waals surface area contributed by atoms with E-state index in [4.69, 9.17) is 10.5 Å². The Hall–Kier alpha value is -2.50. The van der Waals surface area contributed by atoms with Gasteiger partial charge in [-0.1, -0.05) is 6.07 Å². The largest absolute Gasteiger partial charge is 0.494 e. The Bertz CT molecular complexity index is 592. The van der Waals surface area contributed by atoms with Crippen molar-refractivity contribution in [1.82, 2.24) is 9.78 Å². The van der Waals surface area contributed by atoms with Crippen LogP contribution in [0.4, 0.5) is 11.4 Å². The molecule has 6 nitrogen and oxygen atoms in total. The molecule has 0 spiro atoms. The zero-order chi connectivity index (χ0) is 13.8. The first-order valence-corrected chi connectivity index (χ1v) is 5.93. The highest BCUT2D eigenvalue weighted by Crippen LogP contribution is 2.18. The van der Waals surface area contributed by atoms with Gasteiger partial charge in [-0.2, -0.15) is 5.10 Å². The smallest absolute Gasteiger partial charge is 0.278 e. The maximum atomic E-state index is 12.0. The first-order chi connectivity index (χ1) is 9.10. The van der Waals surface area contributed by atoms with E-state index < -0.39 is 0 Å². The molecule has 0 aliphatic heterocycles. The monoisotopic (exact) mass is 260 g/mol. The van der Waals surface area contributed by atoms with Gasteiger partial charge < -0.3 is 15.8 Å². The van der Waals surface area contributed by atoms with E-state index in [1.807, 2.05) is 19.1 Å². The molecule has 0 saturated carbocycles. The highest BCUT2D eigenvalue weighted by molar-refractivity contribution is 6.06. The van der Waals surface area contributed by atoms with Crippen molar-refractivity contribution in [3.63, 3.8) is 0 Å². The number of carbonyl (C=O) groups is 1. The van der Waals surface area contributed by atoms with E-state index in [9.17, 15) is 4.79 Å². The van der Waals surface area contributed by atoms with Crippen LogP contribution in [-0.2, 0) is 7.05 Å². The van der Waals surface area contributed by atoms with E-state index in [1.54, 1.807) is 25.4 Å². The summed E-state index contributed by atoms with van der Waals surface area (Å²) in [5.74, 6) is 0.362. The molecule has 1 amide bonds. The van der Waals surface area contributed by atoms with Gasteiger partial charge in [0.15, 0.2) is 5.69 Å². The van der Waals surface area contributed by atoms with Crippen molar-refractivity contribution >= 4 is 17.3 Å². The quantitative estimate of drug-likeness (QED) is 0.875. The van der Waals surface area contributed by atoms with Gasteiger partial charge in [0.1, 0.15) is 5.75 Å². The van der Waals surface area contributed by atoms with Crippen LogP contribution in [0.15, 0.2) is 30.5 Å². The molecule has 100 valence electrons. The summed E-state index contributed by atoms with van der Waals surface area (Å²) < 4.78 is 6.87. The van der Waals surface area contributed by atoms with Crippen molar-refractivity contribution in [1.29, 1.82) is 0 Å². The maximum absolute atomic E-state index is 12.0. The number of nitrogens with zero attached hydrogens (tertiary/aromatic N) is 2. The van der Waals surface area contributed by atoms with Crippen molar-refractivity contribution < 1.29 is 9.53 Å². The Morgan fingerprint density at radius 3 is 2.95 bits per heavy atom. The molecular formula is C13H16N4O2. The van der Waals surface area contributed by atoms with Crippen LogP contribution in [0.2, 0.25) is 0 Å². The molecular weight excluding hydrogens is 244 g/mol. The van der Waals surface area contributed by atoms with E-state index in [1.165, 1.54) is 4.68 Å². The Morgan fingerprint density at radius 1 is 1.53 bits per heavy atom. The average molecular weight is 260 g/mol. The third-order valence-electron chi connectivity index (χ3n) is 2.48. The zero-order valence-electron chi connectivity index (χ0n) is 10.9. The van der Waals surface area contributed by atoms with Gasteiger partial charge in [0, 0.05) is 25.0 Å². The number of nitrogen functional groups attached to an aromatic ring is 1. The summed E-state index contributed by atoms with van der Waals surface area (Å²) in [6.07, 6.45) is 1.59. The Balaban J connectivity index is 2.14. The fraction of sp³-hybridized carbons (Fsp3) is 0.231. The van der Waals surface area contributed by atoms with Crippen molar-refractivity contribution in [2.45, 2.75) is 6.92 Å². The SMILES string of the molecule is CCOc1cccc(NC(=O)c2nn(C)cc2N)c1. The molecule has 0 aliphatic carbocycles. The van der Waals surface area contributed by atoms with Crippen LogP contribution in [0.5, 0.6) is 5.75 Å². The molecule has 1 aromatic heterocycles. The standard InChI is InChI=1S/C13H16N4O2/c1-3-19-10-6-4-5-9(7-10)15-13(18)12-11(14)8-17(2)16-12/h4-8H,3,14H2,1-2H3,(H,15,18). The molecule has 0 saturated heterocycles. The third-order valence-corrected chi connectivity index (χ3v) is 2.48. The number of aromatic nitrogens is 2. The molecule has 0 bridgehead atoms. The first-order valence-electron chi connectivity index (χ1n) is 5.93. The van der Waals surface area contributed by atoms with Crippen LogP contribution in [0.25, 0.3) is 0 Å². The average Bonchev–Trinajstić information content (AvgIpc) is 2.69. The van der Waals surface area contributed by atoms with Crippen molar-refractivity contribution in [2.24, 2.45) is 7.05 Å².